The summed E-state index contributed by atoms with van der Waals surface area (Å²) in [6.45, 7) is 105. The molecule has 11 rings (SSSR count). The van der Waals surface area contributed by atoms with Gasteiger partial charge in [-0.15, -0.1) is 34.0 Å². The lowest BCUT2D eigenvalue weighted by atomic mass is 9.74. The molecule has 11 heteroatoms. The zero-order chi connectivity index (χ0) is 103. The molecule has 0 bridgehead atoms. The molecular weight excluding hydrogens is 1710 g/mol. The van der Waals surface area contributed by atoms with Gasteiger partial charge < -0.3 is 40.9 Å². The van der Waals surface area contributed by atoms with Crippen molar-refractivity contribution in [3.63, 3.8) is 0 Å². The first kappa shape index (κ1) is 107. The quantitative estimate of drug-likeness (QED) is 0.0671. The number of benzene rings is 8. The van der Waals surface area contributed by atoms with E-state index in [-0.39, 0.29) is 46.0 Å². The van der Waals surface area contributed by atoms with Gasteiger partial charge in [-0.2, -0.15) is 0 Å². The van der Waals surface area contributed by atoms with Crippen LogP contribution in [0.5, 0.6) is 46.0 Å². The Labute approximate surface area is 827 Å². The highest BCUT2D eigenvalue weighted by Crippen LogP contribution is 2.67. The molecule has 0 aliphatic carbocycles. The molecule has 0 atom stereocenters. The van der Waals surface area contributed by atoms with E-state index in [9.17, 15) is 40.9 Å². The fourth-order valence-corrected chi connectivity index (χ4v) is 23.6. The van der Waals surface area contributed by atoms with Crippen molar-refractivity contribution >= 4 is 34.0 Å². The van der Waals surface area contributed by atoms with Crippen molar-refractivity contribution in [3.8, 4) is 153 Å². The van der Waals surface area contributed by atoms with Gasteiger partial charge in [0.05, 0.1) is 19.5 Å². The first-order chi connectivity index (χ1) is 60.4. The van der Waals surface area contributed by atoms with Gasteiger partial charge in [-0.1, -0.05) is 332 Å². The van der Waals surface area contributed by atoms with E-state index in [4.69, 9.17) is 0 Å². The number of aromatic hydroxyl groups is 8. The molecule has 8 N–H and O–H groups in total. The van der Waals surface area contributed by atoms with Gasteiger partial charge in [-0.3, -0.25) is 0 Å². The molecule has 0 radical (unpaired) electrons. The largest absolute Gasteiger partial charge is 0.507 e. The molecule has 8 nitrogen and oxygen atoms in total. The average Bonchev–Trinajstić information content (AvgIpc) is 1.53. The average molecular weight is 1880 g/mol. The summed E-state index contributed by atoms with van der Waals surface area (Å²) in [6.07, 6.45) is 0. The minimum Gasteiger partial charge on any atom is -0.507 e. The monoisotopic (exact) mass is 1880 g/mol. The highest BCUT2D eigenvalue weighted by Gasteiger charge is 2.44. The predicted molar refractivity (Wildman–Crippen MR) is 587 cm³/mol. The fourth-order valence-electron chi connectivity index (χ4n) is 19.3. The zero-order valence-corrected chi connectivity index (χ0v) is 94.5. The third kappa shape index (κ3) is 20.7. The Kier molecular flexibility index (Phi) is 26.9. The van der Waals surface area contributed by atoms with Crippen molar-refractivity contribution in [1.82, 2.24) is 0 Å². The first-order valence-electron chi connectivity index (χ1n) is 49.0. The second-order valence-electron chi connectivity index (χ2n) is 55.9. The Morgan fingerprint density at radius 1 is 0.119 bits per heavy atom. The van der Waals surface area contributed by atoms with Crippen LogP contribution < -0.4 is 0 Å². The Hall–Kier alpha value is -8.74. The van der Waals surface area contributed by atoms with Crippen LogP contribution in [0.25, 0.3) is 107 Å². The maximum Gasteiger partial charge on any atom is 0.123 e. The van der Waals surface area contributed by atoms with Crippen LogP contribution in [0.15, 0.2) is 97.1 Å². The van der Waals surface area contributed by atoms with Gasteiger partial charge in [-0.05, 0) is 228 Å². The normalized spacial score (nSPS) is 13.9. The van der Waals surface area contributed by atoms with E-state index >= 15 is 0 Å². The molecule has 8 aromatic carbocycles. The van der Waals surface area contributed by atoms with Gasteiger partial charge in [0.2, 0.25) is 0 Å². The first-order valence-corrected chi connectivity index (χ1v) is 51.5. The van der Waals surface area contributed by atoms with Gasteiger partial charge in [0, 0.05) is 132 Å². The molecule has 0 unspecified atom stereocenters. The minimum absolute atomic E-state index is 0.220. The molecule has 0 amide bonds. The van der Waals surface area contributed by atoms with E-state index in [0.717, 1.165) is 196 Å². The lowest BCUT2D eigenvalue weighted by Crippen LogP contribution is -2.18. The molecule has 0 saturated carbocycles. The van der Waals surface area contributed by atoms with Crippen molar-refractivity contribution in [1.29, 1.82) is 0 Å². The molecule has 730 valence electrons. The molecule has 0 aliphatic rings. The van der Waals surface area contributed by atoms with Gasteiger partial charge in [-0.25, -0.2) is 0 Å². The number of phenols is 8. The van der Waals surface area contributed by atoms with Crippen molar-refractivity contribution < 1.29 is 40.9 Å². The minimum atomic E-state index is -0.657. The highest BCUT2D eigenvalue weighted by atomic mass is 32.1. The Balaban J connectivity index is 1.70. The molecule has 3 heterocycles. The van der Waals surface area contributed by atoms with Crippen LogP contribution in [0.1, 0.15) is 421 Å². The summed E-state index contributed by atoms with van der Waals surface area (Å²) < 4.78 is 0. The van der Waals surface area contributed by atoms with E-state index in [2.05, 4.69) is 429 Å². The van der Waals surface area contributed by atoms with Crippen molar-refractivity contribution in [2.24, 2.45) is 0 Å². The summed E-state index contributed by atoms with van der Waals surface area (Å²) in [5.41, 5.74) is 14.8. The molecule has 3 aromatic heterocycles. The lowest BCUT2D eigenvalue weighted by molar-refractivity contribution is 0.422. The van der Waals surface area contributed by atoms with Crippen LogP contribution in [-0.4, -0.2) is 40.9 Å². The van der Waals surface area contributed by atoms with Gasteiger partial charge in [0.15, 0.2) is 0 Å². The van der Waals surface area contributed by atoms with E-state index in [0.29, 0.717) is 0 Å². The van der Waals surface area contributed by atoms with E-state index in [1.807, 2.05) is 0 Å². The summed E-state index contributed by atoms with van der Waals surface area (Å²) >= 11 is 5.19. The van der Waals surface area contributed by atoms with E-state index < -0.39 is 86.6 Å². The Morgan fingerprint density at radius 2 is 0.193 bits per heavy atom. The summed E-state index contributed by atoms with van der Waals surface area (Å²) in [7, 11) is 0. The number of hydrogen-bond donors (Lipinski definition) is 8. The summed E-state index contributed by atoms with van der Waals surface area (Å²) in [4.78, 5) is 5.42. The zero-order valence-electron chi connectivity index (χ0n) is 92.0. The van der Waals surface area contributed by atoms with Gasteiger partial charge in [0.25, 0.3) is 0 Å². The highest BCUT2D eigenvalue weighted by molar-refractivity contribution is 7.29. The molecular formula is C124H168O8S3. The van der Waals surface area contributed by atoms with E-state index in [1.165, 1.54) is 0 Å². The number of thiophene rings is 3. The summed E-state index contributed by atoms with van der Waals surface area (Å²) in [5.74, 6) is 1.87. The number of phenolic OH excluding ortho intramolecular Hbond substituents is 8. The summed E-state index contributed by atoms with van der Waals surface area (Å²) in [6, 6.07) is 35.9. The van der Waals surface area contributed by atoms with Gasteiger partial charge >= 0.3 is 0 Å². The van der Waals surface area contributed by atoms with Crippen molar-refractivity contribution in [2.45, 2.75) is 419 Å². The second-order valence-corrected chi connectivity index (χ2v) is 59.0. The van der Waals surface area contributed by atoms with Gasteiger partial charge in [0.1, 0.15) is 46.0 Å². The molecule has 0 spiro atoms. The third-order valence-corrected chi connectivity index (χ3v) is 31.2. The topological polar surface area (TPSA) is 162 Å². The van der Waals surface area contributed by atoms with Crippen LogP contribution in [0, 0.1) is 0 Å². The van der Waals surface area contributed by atoms with Crippen LogP contribution in [0.2, 0.25) is 0 Å². The Bertz CT molecular complexity index is 5810. The molecule has 0 aliphatic heterocycles. The lowest BCUT2D eigenvalue weighted by Gasteiger charge is -2.30. The fraction of sp³-hybridized carbons (Fsp3) is 0.516. The Morgan fingerprint density at radius 3 is 0.281 bits per heavy atom. The summed E-state index contributed by atoms with van der Waals surface area (Å²) in [5, 5.41) is 107. The smallest absolute Gasteiger partial charge is 0.123 e. The molecule has 0 fully saturated rings. The van der Waals surface area contributed by atoms with Crippen LogP contribution in [-0.2, 0) is 86.6 Å². The van der Waals surface area contributed by atoms with Crippen LogP contribution >= 0.6 is 34.0 Å². The third-order valence-electron chi connectivity index (χ3n) is 27.2. The standard InChI is InChI=1S/C124H168O8S3/c1-109(2,3)73-49-65(50-74(95(73)125)110(4,5)6)89-91(67-53-77(113(13,14)15)97(127)78(54-67)114(16,17)18)105(133-103(89)71-61-85(121(37,38)39)101(131)86(62-71)122(40,41)42)107-93(69-57-81(117(25,26)27)99(129)82(58-69)118(28,29)30)94(70-59-83(119(31,32)33)100(130)84(60-70)120(34,35)36)108(135-107)106-92(68-55-79(115(19,20)21)98(128)80(56-68)116(22,23)24)90(66-51-75(111(7,8)9)96(126)76(52-66)112(10,11)12)104(134-106)72-63-87(123(43,44)45)102(132)88(64-72)124(46,47)48/h49-64,125-132H,1-48H3. The SMILES string of the molecule is CC(C)(C)c1cc(-c2sc(-c3sc(-c4sc(-c5cc(C(C)(C)C)c(O)c(C(C)(C)C)c5)c(-c5cc(C(C)(C)C)c(O)c(C(C)(C)C)c5)c4-c4cc(C(C)(C)C)c(O)c(C(C)(C)C)c4)c(-c4cc(C(C)(C)C)c(O)c(C(C)(C)C)c4)c3-c3cc(C(C)(C)C)c(O)c(C(C)(C)C)c3)c(-c3cc(C(C)(C)C)c(O)c(C(C)(C)C)c3)c2-c2cc(C(C)(C)C)c(O)c(C(C)(C)C)c2)cc(C(C)(C)C)c1O. The maximum absolute atomic E-state index is 13.6. The van der Waals surface area contributed by atoms with Crippen molar-refractivity contribution in [3.05, 3.63) is 186 Å². The predicted octanol–water partition coefficient (Wildman–Crippen LogP) is 36.9. The van der Waals surface area contributed by atoms with Crippen LogP contribution in [0.4, 0.5) is 0 Å². The van der Waals surface area contributed by atoms with E-state index in [1.54, 1.807) is 34.0 Å². The molecule has 11 aromatic rings. The number of hydrogen-bond acceptors (Lipinski definition) is 11. The van der Waals surface area contributed by atoms with Crippen LogP contribution in [0.3, 0.4) is 0 Å². The maximum atomic E-state index is 13.6. The molecule has 0 saturated heterocycles. The van der Waals surface area contributed by atoms with Crippen molar-refractivity contribution in [2.75, 3.05) is 0 Å². The molecule has 135 heavy (non-hydrogen) atoms. The number of rotatable bonds is 10. The second kappa shape index (κ2) is 34.1.